The molecule has 8 atom stereocenters. The van der Waals surface area contributed by atoms with Gasteiger partial charge in [-0.3, -0.25) is 44.4 Å². The number of carboxylic acid groups (broad SMARTS) is 1. The molecule has 1 unspecified atom stereocenters. The highest BCUT2D eigenvalue weighted by Gasteiger charge is 2.42. The lowest BCUT2D eigenvalue weighted by Gasteiger charge is -2.36. The largest absolute Gasteiger partial charge is 0.465 e. The Bertz CT molecular complexity index is 2010. The van der Waals surface area contributed by atoms with Crippen LogP contribution in [0.2, 0.25) is 0 Å². The minimum absolute atomic E-state index is 0.0362. The number of nitrogens with zero attached hydrogens (tertiary/aromatic N) is 2. The van der Waals surface area contributed by atoms with Gasteiger partial charge in [0, 0.05) is 26.2 Å². The second kappa shape index (κ2) is 31.8. The Morgan fingerprint density at radius 2 is 1.58 bits per heavy atom. The highest BCUT2D eigenvalue weighted by Crippen LogP contribution is 2.28. The van der Waals surface area contributed by atoms with E-state index in [0.717, 1.165) is 44.9 Å². The number of hydrogen-bond acceptors (Lipinski definition) is 14. The van der Waals surface area contributed by atoms with Crippen LogP contribution in [0, 0.1) is 17.8 Å². The van der Waals surface area contributed by atoms with Crippen LogP contribution in [-0.4, -0.2) is 145 Å². The molecule has 0 aromatic heterocycles. The van der Waals surface area contributed by atoms with E-state index in [1.54, 1.807) is 72.0 Å². The third-order valence-electron chi connectivity index (χ3n) is 12.7. The van der Waals surface area contributed by atoms with E-state index in [1.165, 1.54) is 4.90 Å². The summed E-state index contributed by atoms with van der Waals surface area (Å²) in [4.78, 5) is 116. The molecule has 1 aliphatic carbocycles. The number of nitrogens with one attached hydrogen (secondary N) is 6. The van der Waals surface area contributed by atoms with Crippen molar-refractivity contribution in [2.24, 2.45) is 28.5 Å². The number of carbonyl (C=O) groups excluding carboxylic acids is 7. The minimum atomic E-state index is -1.84. The molecule has 74 heavy (non-hydrogen) atoms. The Hall–Kier alpha value is -5.87. The fourth-order valence-electron chi connectivity index (χ4n) is 8.68. The van der Waals surface area contributed by atoms with Crippen molar-refractivity contribution in [2.45, 2.75) is 187 Å². The molecule has 1 aliphatic heterocycles. The van der Waals surface area contributed by atoms with Crippen molar-refractivity contribution in [2.75, 3.05) is 33.4 Å². The number of amides is 7. The normalized spacial score (nSPS) is 24.0. The molecule has 1 aromatic rings. The Kier molecular flexibility index (Phi) is 26.8. The van der Waals surface area contributed by atoms with E-state index < -0.39 is 108 Å². The second-order valence-electron chi connectivity index (χ2n) is 20.8. The van der Waals surface area contributed by atoms with Crippen LogP contribution < -0.4 is 37.6 Å². The monoisotopic (exact) mass is 1040 g/mol. The zero-order valence-electron chi connectivity index (χ0n) is 45.0. The smallest absolute Gasteiger partial charge is 0.414 e. The number of rotatable bonds is 18. The summed E-state index contributed by atoms with van der Waals surface area (Å²) in [5.74, 6) is -6.00. The van der Waals surface area contributed by atoms with Crippen LogP contribution >= 0.6 is 0 Å². The van der Waals surface area contributed by atoms with Crippen LogP contribution in [0.25, 0.3) is 0 Å². The van der Waals surface area contributed by atoms with Crippen molar-refractivity contribution in [1.29, 1.82) is 0 Å². The van der Waals surface area contributed by atoms with Crippen molar-refractivity contribution in [3.63, 3.8) is 0 Å². The van der Waals surface area contributed by atoms with Gasteiger partial charge in [-0.15, -0.1) is 0 Å². The number of carbonyl (C=O) groups is 8. The Balaban J connectivity index is 2.06. The molecule has 416 valence electrons. The summed E-state index contributed by atoms with van der Waals surface area (Å²) in [6, 6.07) is 0.738. The maximum absolute atomic E-state index is 14.8. The number of aliphatic imine (C=N–C) groups is 1. The molecule has 9 N–H and O–H groups in total. The van der Waals surface area contributed by atoms with Gasteiger partial charge in [0.2, 0.25) is 35.5 Å². The number of likely N-dealkylation sites (N-methyl/N-ethyl adjacent to an activating group) is 1. The Labute approximate surface area is 436 Å². The quantitative estimate of drug-likeness (QED) is 0.0446. The van der Waals surface area contributed by atoms with E-state index in [4.69, 9.17) is 24.7 Å². The van der Waals surface area contributed by atoms with Gasteiger partial charge in [-0.1, -0.05) is 103 Å². The Morgan fingerprint density at radius 3 is 2.22 bits per heavy atom. The molecule has 0 radical (unpaired) electrons. The van der Waals surface area contributed by atoms with Crippen LogP contribution in [0.4, 0.5) is 9.59 Å². The molecule has 2 aliphatic rings. The fraction of sp³-hybridized carbons (Fsp3) is 0.712. The standard InChI is InChI=1S/C52H85N9O13/c1-10-11-12-19-25-39-34(5)47(66)61(9)38(28-32(2)3)44(63)57-41(36-23-17-14-18-24-36)45(64)58-42(40(53)48(67)73-30-35-21-15-13-16-22-35)46(65)56-37(43(62)55-33(4)29-72-39)31-71-27-20-26-54-49(59-50(68)69)60-51(70)74-52(6,7)8/h13,15-16,21-22,32-34,36-42H,10-12,14,17-20,23-31,53H2,1-9H3,(H,55,62)(H,56,65)(H,57,63)(H,58,64)(H,68,69)(H2,54,59,60,70)/t33-,34-,37+,38+,39-,40?,41+,42+/m1/s1. The van der Waals surface area contributed by atoms with Gasteiger partial charge in [-0.05, 0) is 77.2 Å². The predicted molar refractivity (Wildman–Crippen MR) is 276 cm³/mol. The molecule has 1 saturated heterocycles. The third-order valence-corrected chi connectivity index (χ3v) is 12.7. The van der Waals surface area contributed by atoms with Gasteiger partial charge < -0.3 is 56.0 Å². The van der Waals surface area contributed by atoms with Crippen LogP contribution in [0.3, 0.4) is 0 Å². The summed E-state index contributed by atoms with van der Waals surface area (Å²) in [6.45, 7) is 13.5. The number of nitrogens with two attached hydrogens (primary N) is 1. The van der Waals surface area contributed by atoms with E-state index in [2.05, 4.69) is 38.5 Å². The summed E-state index contributed by atoms with van der Waals surface area (Å²) in [5, 5.41) is 24.7. The van der Waals surface area contributed by atoms with Crippen LogP contribution in [0.5, 0.6) is 0 Å². The van der Waals surface area contributed by atoms with Gasteiger partial charge in [-0.2, -0.15) is 0 Å². The lowest BCUT2D eigenvalue weighted by molar-refractivity contribution is -0.150. The Morgan fingerprint density at radius 1 is 0.892 bits per heavy atom. The molecule has 0 bridgehead atoms. The van der Waals surface area contributed by atoms with Crippen LogP contribution in [0.15, 0.2) is 35.3 Å². The predicted octanol–water partition coefficient (Wildman–Crippen LogP) is 4.03. The number of ether oxygens (including phenoxy) is 4. The zero-order valence-corrected chi connectivity index (χ0v) is 45.0. The van der Waals surface area contributed by atoms with E-state index in [9.17, 15) is 43.5 Å². The molecule has 2 fully saturated rings. The highest BCUT2D eigenvalue weighted by molar-refractivity contribution is 6.01. The second-order valence-corrected chi connectivity index (χ2v) is 20.8. The first-order valence-corrected chi connectivity index (χ1v) is 26.2. The first-order valence-electron chi connectivity index (χ1n) is 26.2. The molecule has 0 spiro atoms. The summed E-state index contributed by atoms with van der Waals surface area (Å²) in [5.41, 5.74) is 6.30. The molecule has 3 rings (SSSR count). The maximum Gasteiger partial charge on any atom is 0.414 e. The van der Waals surface area contributed by atoms with Crippen molar-refractivity contribution in [1.82, 2.24) is 36.8 Å². The first-order chi connectivity index (χ1) is 35.0. The average molecular weight is 1040 g/mol. The van der Waals surface area contributed by atoms with Crippen molar-refractivity contribution in [3.05, 3.63) is 35.9 Å². The zero-order chi connectivity index (χ0) is 55.0. The highest BCUT2D eigenvalue weighted by atomic mass is 16.6. The van der Waals surface area contributed by atoms with Crippen LogP contribution in [0.1, 0.15) is 138 Å². The summed E-state index contributed by atoms with van der Waals surface area (Å²) >= 11 is 0. The lowest BCUT2D eigenvalue weighted by atomic mass is 9.83. The number of esters is 1. The van der Waals surface area contributed by atoms with Crippen molar-refractivity contribution in [3.8, 4) is 0 Å². The summed E-state index contributed by atoms with van der Waals surface area (Å²) in [7, 11) is 1.58. The van der Waals surface area contributed by atoms with Gasteiger partial charge in [0.15, 0.2) is 0 Å². The van der Waals surface area contributed by atoms with Gasteiger partial charge >= 0.3 is 18.2 Å². The van der Waals surface area contributed by atoms with Gasteiger partial charge in [-0.25, -0.2) is 9.59 Å². The van der Waals surface area contributed by atoms with E-state index in [1.807, 2.05) is 19.2 Å². The molecule has 1 aromatic carbocycles. The van der Waals surface area contributed by atoms with E-state index >= 15 is 0 Å². The van der Waals surface area contributed by atoms with E-state index in [0.29, 0.717) is 24.8 Å². The van der Waals surface area contributed by atoms with Gasteiger partial charge in [0.1, 0.15) is 42.4 Å². The third kappa shape index (κ3) is 22.3. The number of hydrogen-bond donors (Lipinski definition) is 8. The number of unbranched alkanes of at least 4 members (excludes halogenated alkanes) is 3. The average Bonchev–Trinajstić information content (AvgIpc) is 3.34. The number of guanidine groups is 1. The molecular weight excluding hydrogens is 959 g/mol. The summed E-state index contributed by atoms with van der Waals surface area (Å²) in [6.07, 6.45) is 5.20. The van der Waals surface area contributed by atoms with Gasteiger partial charge in [0.05, 0.1) is 25.2 Å². The van der Waals surface area contributed by atoms with Gasteiger partial charge in [0.25, 0.3) is 0 Å². The molecule has 1 heterocycles. The molecule has 22 heteroatoms. The fourth-order valence-corrected chi connectivity index (χ4v) is 8.68. The lowest BCUT2D eigenvalue weighted by Crippen LogP contribution is -2.65. The molecule has 7 amide bonds. The SMILES string of the molecule is CCCCCC[C@H]1OC[C@@H](C)NC(=O)[C@H](COCCC/N=C(\NC(=O)O)NC(=O)OC(C)(C)C)NC(=O)[C@H](C(N)C(=O)OCc2ccccc2)NC(=O)[C@H](C2CCCCC2)NC(=O)[C@H](CC(C)C)N(C)C(=O)[C@@H]1C. The first kappa shape index (κ1) is 62.4. The van der Waals surface area contributed by atoms with Crippen LogP contribution in [-0.2, 0) is 54.3 Å². The molecular formula is C52H85N9O13. The number of alkyl carbamates (subject to hydrolysis) is 1. The summed E-state index contributed by atoms with van der Waals surface area (Å²) < 4.78 is 23.0. The molecule has 1 saturated carbocycles. The topological polar surface area (TPSA) is 308 Å². The molecule has 22 nitrogen and oxygen atoms in total. The maximum atomic E-state index is 14.8. The minimum Gasteiger partial charge on any atom is -0.465 e. The number of benzene rings is 1. The van der Waals surface area contributed by atoms with Crippen molar-refractivity contribution < 1.29 is 62.4 Å². The van der Waals surface area contributed by atoms with E-state index in [-0.39, 0.29) is 57.0 Å². The van der Waals surface area contributed by atoms with Crippen molar-refractivity contribution >= 4 is 53.7 Å².